The number of carbonyl (C=O) groups is 1. The van der Waals surface area contributed by atoms with Gasteiger partial charge in [-0.15, -0.1) is 10.2 Å². The van der Waals surface area contributed by atoms with Crippen LogP contribution in [0, 0.1) is 0 Å². The SMILES string of the molecule is COC(=O)c1cnn2c1nnc1c(=O)n(-c3cc(OC)ccc3OC)ccc12. The van der Waals surface area contributed by atoms with Gasteiger partial charge in [-0.25, -0.2) is 9.31 Å². The van der Waals surface area contributed by atoms with E-state index in [0.29, 0.717) is 22.7 Å². The van der Waals surface area contributed by atoms with Crippen LogP contribution in [0.25, 0.3) is 22.4 Å². The molecule has 0 spiro atoms. The van der Waals surface area contributed by atoms with Crippen LogP contribution in [0.2, 0.25) is 0 Å². The van der Waals surface area contributed by atoms with Gasteiger partial charge in [0.25, 0.3) is 5.56 Å². The van der Waals surface area contributed by atoms with Crippen LogP contribution in [0.3, 0.4) is 0 Å². The second kappa shape index (κ2) is 6.65. The first-order valence-electron chi connectivity index (χ1n) is 8.15. The molecule has 0 unspecified atom stereocenters. The molecule has 142 valence electrons. The standard InChI is InChI=1S/C18H15N5O5/c1-26-10-4-5-14(27-2)13(8-10)22-7-6-12-15(17(22)24)20-21-16-11(18(25)28-3)9-19-23(12)16/h4-9H,1-3H3. The van der Waals surface area contributed by atoms with Crippen LogP contribution in [-0.2, 0) is 4.74 Å². The van der Waals surface area contributed by atoms with Crippen LogP contribution in [0.15, 0.2) is 41.5 Å². The fraction of sp³-hybridized carbons (Fsp3) is 0.167. The van der Waals surface area contributed by atoms with Crippen molar-refractivity contribution in [3.8, 4) is 17.2 Å². The van der Waals surface area contributed by atoms with Crippen LogP contribution in [0.1, 0.15) is 10.4 Å². The molecule has 10 nitrogen and oxygen atoms in total. The third-order valence-corrected chi connectivity index (χ3v) is 4.31. The number of aromatic nitrogens is 5. The zero-order valence-corrected chi connectivity index (χ0v) is 15.2. The fourth-order valence-corrected chi connectivity index (χ4v) is 2.92. The number of hydrogen-bond donors (Lipinski definition) is 0. The Morgan fingerprint density at radius 1 is 1.07 bits per heavy atom. The van der Waals surface area contributed by atoms with Crippen molar-refractivity contribution in [2.24, 2.45) is 0 Å². The highest BCUT2D eigenvalue weighted by Crippen LogP contribution is 2.27. The lowest BCUT2D eigenvalue weighted by Crippen LogP contribution is -2.21. The van der Waals surface area contributed by atoms with Crippen molar-refractivity contribution in [1.29, 1.82) is 0 Å². The number of esters is 1. The molecule has 0 bridgehead atoms. The Balaban J connectivity index is 1.97. The average molecular weight is 381 g/mol. The van der Waals surface area contributed by atoms with Gasteiger partial charge in [-0.1, -0.05) is 0 Å². The summed E-state index contributed by atoms with van der Waals surface area (Å²) >= 11 is 0. The van der Waals surface area contributed by atoms with E-state index in [1.54, 1.807) is 30.5 Å². The van der Waals surface area contributed by atoms with E-state index in [0.717, 1.165) is 0 Å². The van der Waals surface area contributed by atoms with Gasteiger partial charge >= 0.3 is 5.97 Å². The Kier molecular flexibility index (Phi) is 4.15. The minimum atomic E-state index is -0.585. The number of benzene rings is 1. The van der Waals surface area contributed by atoms with Crippen LogP contribution >= 0.6 is 0 Å². The molecule has 0 saturated carbocycles. The molecular formula is C18H15N5O5. The summed E-state index contributed by atoms with van der Waals surface area (Å²) in [7, 11) is 4.31. The summed E-state index contributed by atoms with van der Waals surface area (Å²) in [5.41, 5.74) is 0.925. The summed E-state index contributed by atoms with van der Waals surface area (Å²) in [5, 5.41) is 12.2. The van der Waals surface area contributed by atoms with Crippen molar-refractivity contribution in [3.05, 3.63) is 52.6 Å². The first kappa shape index (κ1) is 17.5. The molecule has 1 aromatic carbocycles. The van der Waals surface area contributed by atoms with Gasteiger partial charge in [0.2, 0.25) is 0 Å². The number of hydrogen-bond acceptors (Lipinski definition) is 8. The summed E-state index contributed by atoms with van der Waals surface area (Å²) in [6, 6.07) is 6.78. The molecule has 3 heterocycles. The van der Waals surface area contributed by atoms with E-state index in [-0.39, 0.29) is 16.7 Å². The van der Waals surface area contributed by atoms with Crippen molar-refractivity contribution in [2.75, 3.05) is 21.3 Å². The van der Waals surface area contributed by atoms with Crippen LogP contribution in [-0.4, -0.2) is 51.7 Å². The Labute approximate surface area is 157 Å². The maximum atomic E-state index is 13.1. The summed E-state index contributed by atoms with van der Waals surface area (Å²) in [6.07, 6.45) is 2.90. The van der Waals surface area contributed by atoms with Gasteiger partial charge in [0.15, 0.2) is 11.2 Å². The molecule has 0 radical (unpaired) electrons. The molecule has 0 amide bonds. The van der Waals surface area contributed by atoms with Crippen molar-refractivity contribution >= 4 is 22.6 Å². The molecule has 0 saturated heterocycles. The Morgan fingerprint density at radius 2 is 1.89 bits per heavy atom. The Bertz CT molecular complexity index is 1280. The van der Waals surface area contributed by atoms with Gasteiger partial charge in [-0.2, -0.15) is 5.10 Å². The number of pyridine rings is 1. The Morgan fingerprint density at radius 3 is 2.61 bits per heavy atom. The zero-order valence-electron chi connectivity index (χ0n) is 15.2. The molecule has 0 aliphatic rings. The van der Waals surface area contributed by atoms with Gasteiger partial charge in [0.05, 0.1) is 33.2 Å². The zero-order chi connectivity index (χ0) is 19.8. The molecule has 4 rings (SSSR count). The summed E-state index contributed by atoms with van der Waals surface area (Å²) in [5.74, 6) is 0.473. The number of fused-ring (bicyclic) bond motifs is 3. The highest BCUT2D eigenvalue weighted by molar-refractivity contribution is 5.96. The quantitative estimate of drug-likeness (QED) is 0.486. The van der Waals surface area contributed by atoms with E-state index in [4.69, 9.17) is 14.2 Å². The lowest BCUT2D eigenvalue weighted by Gasteiger charge is -2.13. The van der Waals surface area contributed by atoms with Crippen LogP contribution in [0.5, 0.6) is 11.5 Å². The van der Waals surface area contributed by atoms with E-state index in [1.807, 2.05) is 0 Å². The average Bonchev–Trinajstić information content (AvgIpc) is 3.17. The van der Waals surface area contributed by atoms with Gasteiger partial charge in [0.1, 0.15) is 22.6 Å². The van der Waals surface area contributed by atoms with Crippen LogP contribution < -0.4 is 15.0 Å². The molecule has 0 atom stereocenters. The van der Waals surface area contributed by atoms with Gasteiger partial charge < -0.3 is 14.2 Å². The minimum Gasteiger partial charge on any atom is -0.497 e. The number of rotatable bonds is 4. The summed E-state index contributed by atoms with van der Waals surface area (Å²) in [4.78, 5) is 24.9. The minimum absolute atomic E-state index is 0.0828. The summed E-state index contributed by atoms with van der Waals surface area (Å²) in [6.45, 7) is 0. The number of methoxy groups -OCH3 is 3. The molecule has 10 heteroatoms. The molecular weight excluding hydrogens is 366 g/mol. The second-order valence-corrected chi connectivity index (χ2v) is 5.75. The molecule has 0 aliphatic carbocycles. The second-order valence-electron chi connectivity index (χ2n) is 5.75. The van der Waals surface area contributed by atoms with Gasteiger partial charge in [-0.3, -0.25) is 9.36 Å². The van der Waals surface area contributed by atoms with Gasteiger partial charge in [-0.05, 0) is 18.2 Å². The fourth-order valence-electron chi connectivity index (χ4n) is 2.92. The number of nitrogens with zero attached hydrogens (tertiary/aromatic N) is 5. The number of ether oxygens (including phenoxy) is 3. The normalized spacial score (nSPS) is 11.0. The monoisotopic (exact) mass is 381 g/mol. The van der Waals surface area contributed by atoms with Crippen molar-refractivity contribution < 1.29 is 19.0 Å². The topological polar surface area (TPSA) is 110 Å². The molecule has 4 aromatic rings. The van der Waals surface area contributed by atoms with E-state index < -0.39 is 11.5 Å². The largest absolute Gasteiger partial charge is 0.497 e. The highest BCUT2D eigenvalue weighted by Gasteiger charge is 2.19. The highest BCUT2D eigenvalue weighted by atomic mass is 16.5. The molecule has 3 aromatic heterocycles. The molecule has 0 aliphatic heterocycles. The summed E-state index contributed by atoms with van der Waals surface area (Å²) < 4.78 is 18.1. The lowest BCUT2D eigenvalue weighted by atomic mass is 10.2. The third-order valence-electron chi connectivity index (χ3n) is 4.31. The predicted octanol–water partition coefficient (Wildman–Crippen LogP) is 1.23. The van der Waals surface area contributed by atoms with E-state index in [1.165, 1.54) is 36.6 Å². The van der Waals surface area contributed by atoms with E-state index in [2.05, 4.69) is 15.3 Å². The van der Waals surface area contributed by atoms with E-state index in [9.17, 15) is 9.59 Å². The maximum Gasteiger partial charge on any atom is 0.343 e. The van der Waals surface area contributed by atoms with E-state index >= 15 is 0 Å². The Hall–Kier alpha value is -3.95. The van der Waals surface area contributed by atoms with Crippen molar-refractivity contribution in [3.63, 3.8) is 0 Å². The maximum absolute atomic E-state index is 13.1. The predicted molar refractivity (Wildman–Crippen MR) is 98.3 cm³/mol. The first-order chi connectivity index (χ1) is 13.6. The first-order valence-corrected chi connectivity index (χ1v) is 8.15. The molecule has 0 fully saturated rings. The smallest absolute Gasteiger partial charge is 0.343 e. The lowest BCUT2D eigenvalue weighted by molar-refractivity contribution is 0.0602. The van der Waals surface area contributed by atoms with Crippen molar-refractivity contribution in [1.82, 2.24) is 24.4 Å². The number of carbonyl (C=O) groups excluding carboxylic acids is 1. The molecule has 28 heavy (non-hydrogen) atoms. The molecule has 0 N–H and O–H groups in total. The third kappa shape index (κ3) is 2.54. The van der Waals surface area contributed by atoms with Crippen molar-refractivity contribution in [2.45, 2.75) is 0 Å². The van der Waals surface area contributed by atoms with Crippen LogP contribution in [0.4, 0.5) is 0 Å². The van der Waals surface area contributed by atoms with Gasteiger partial charge in [0, 0.05) is 12.3 Å².